The van der Waals surface area contributed by atoms with Gasteiger partial charge in [-0.3, -0.25) is 4.79 Å². The van der Waals surface area contributed by atoms with Crippen molar-refractivity contribution < 1.29 is 9.53 Å². The van der Waals surface area contributed by atoms with Gasteiger partial charge in [0.2, 0.25) is 0 Å². The molecule has 1 aliphatic rings. The van der Waals surface area contributed by atoms with E-state index < -0.39 is 6.10 Å². The van der Waals surface area contributed by atoms with E-state index in [1.807, 2.05) is 24.0 Å². The van der Waals surface area contributed by atoms with E-state index in [-0.39, 0.29) is 11.9 Å². The van der Waals surface area contributed by atoms with Crippen LogP contribution < -0.4 is 9.64 Å². The zero-order valence-corrected chi connectivity index (χ0v) is 17.2. The van der Waals surface area contributed by atoms with Gasteiger partial charge in [-0.1, -0.05) is 62.6 Å². The van der Waals surface area contributed by atoms with Crippen LogP contribution in [0.4, 0.5) is 5.69 Å². The van der Waals surface area contributed by atoms with Crippen LogP contribution in [0.2, 0.25) is 0 Å². The van der Waals surface area contributed by atoms with Gasteiger partial charge in [-0.2, -0.15) is 0 Å². The quantitative estimate of drug-likeness (QED) is 0.623. The van der Waals surface area contributed by atoms with E-state index in [0.717, 1.165) is 42.7 Å². The number of fused-ring (bicyclic) bond motifs is 1. The third-order valence-electron chi connectivity index (χ3n) is 5.41. The number of nitrogens with zero attached hydrogens (tertiary/aromatic N) is 1. The van der Waals surface area contributed by atoms with Gasteiger partial charge in [0.25, 0.3) is 5.91 Å². The van der Waals surface area contributed by atoms with Crippen LogP contribution >= 0.6 is 0 Å². The average molecular weight is 366 g/mol. The third-order valence-corrected chi connectivity index (χ3v) is 5.41. The number of hydrogen-bond acceptors (Lipinski definition) is 2. The van der Waals surface area contributed by atoms with E-state index in [4.69, 9.17) is 4.74 Å². The van der Waals surface area contributed by atoms with Gasteiger partial charge in [0, 0.05) is 11.6 Å². The normalized spacial score (nSPS) is 16.4. The van der Waals surface area contributed by atoms with E-state index in [1.54, 1.807) is 0 Å². The highest BCUT2D eigenvalue weighted by Gasteiger charge is 2.36. The maximum absolute atomic E-state index is 13.0. The predicted octanol–water partition coefficient (Wildman–Crippen LogP) is 6.05. The Morgan fingerprint density at radius 3 is 2.37 bits per heavy atom. The molecule has 1 aliphatic heterocycles. The summed E-state index contributed by atoms with van der Waals surface area (Å²) < 4.78 is 6.16. The van der Waals surface area contributed by atoms with Gasteiger partial charge >= 0.3 is 0 Å². The number of carbonyl (C=O) groups is 1. The summed E-state index contributed by atoms with van der Waals surface area (Å²) in [5.74, 6) is 0.918. The lowest BCUT2D eigenvalue weighted by Crippen LogP contribution is -2.49. The smallest absolute Gasteiger partial charge is 0.268 e. The molecule has 0 bridgehead atoms. The van der Waals surface area contributed by atoms with Gasteiger partial charge in [0.1, 0.15) is 0 Å². The molecule has 0 aromatic heterocycles. The first kappa shape index (κ1) is 19.5. The number of ether oxygens (including phenoxy) is 1. The molecule has 0 radical (unpaired) electrons. The zero-order chi connectivity index (χ0) is 19.6. The lowest BCUT2D eigenvalue weighted by Gasteiger charge is -2.39. The second-order valence-corrected chi connectivity index (χ2v) is 7.67. The Hall–Kier alpha value is -2.29. The van der Waals surface area contributed by atoms with Crippen LogP contribution in [0.3, 0.4) is 0 Å². The van der Waals surface area contributed by atoms with Gasteiger partial charge in [-0.15, -0.1) is 0 Å². The Morgan fingerprint density at radius 2 is 1.74 bits per heavy atom. The minimum Gasteiger partial charge on any atom is -0.478 e. The van der Waals surface area contributed by atoms with Crippen molar-refractivity contribution in [3.05, 3.63) is 47.5 Å². The molecule has 1 atom stereocenters. The maximum Gasteiger partial charge on any atom is 0.268 e. The minimum atomic E-state index is -0.458. The average Bonchev–Trinajstić information content (AvgIpc) is 2.63. The maximum atomic E-state index is 13.0. The Balaban J connectivity index is 2.14. The van der Waals surface area contributed by atoms with Gasteiger partial charge in [0.15, 0.2) is 11.9 Å². The molecule has 1 heterocycles. The number of benzene rings is 2. The van der Waals surface area contributed by atoms with Crippen LogP contribution in [-0.4, -0.2) is 18.1 Å². The fourth-order valence-electron chi connectivity index (χ4n) is 4.15. The summed E-state index contributed by atoms with van der Waals surface area (Å²) >= 11 is 0. The van der Waals surface area contributed by atoms with E-state index in [2.05, 4.69) is 52.0 Å². The molecule has 2 aromatic rings. The molecule has 3 rings (SSSR count). The van der Waals surface area contributed by atoms with Crippen LogP contribution in [-0.2, 0) is 4.79 Å². The highest BCUT2D eigenvalue weighted by atomic mass is 16.5. The standard InChI is InChI=1S/C24H31NO2/c1-6-9-19(10-7-2)25-22-12-8-11-21(23(22)27-18(5)24(25)26)20-14-13-16(3)15-17(20)4/h8,11-15,18-19H,6-7,9-10H2,1-5H3. The van der Waals surface area contributed by atoms with E-state index in [0.29, 0.717) is 0 Å². The number of para-hydroxylation sites is 1. The largest absolute Gasteiger partial charge is 0.478 e. The van der Waals surface area contributed by atoms with Crippen molar-refractivity contribution >= 4 is 11.6 Å². The molecule has 0 saturated heterocycles. The molecule has 1 amide bonds. The second kappa shape index (κ2) is 8.16. The number of anilines is 1. The monoisotopic (exact) mass is 365 g/mol. The Morgan fingerprint density at radius 1 is 1.04 bits per heavy atom. The molecule has 2 aromatic carbocycles. The van der Waals surface area contributed by atoms with Crippen LogP contribution in [0.25, 0.3) is 11.1 Å². The van der Waals surface area contributed by atoms with Crippen molar-refractivity contribution in [3.63, 3.8) is 0 Å². The van der Waals surface area contributed by atoms with Gasteiger partial charge in [0.05, 0.1) is 5.69 Å². The molecule has 1 unspecified atom stereocenters. The third kappa shape index (κ3) is 3.73. The summed E-state index contributed by atoms with van der Waals surface area (Å²) in [7, 11) is 0. The number of rotatable bonds is 6. The molecule has 0 spiro atoms. The molecule has 0 aliphatic carbocycles. The van der Waals surface area contributed by atoms with Crippen LogP contribution in [0.15, 0.2) is 36.4 Å². The SMILES string of the molecule is CCCC(CCC)N1C(=O)C(C)Oc2c(-c3ccc(C)cc3C)cccc21. The van der Waals surface area contributed by atoms with Crippen molar-refractivity contribution in [1.29, 1.82) is 0 Å². The Labute approximate surface area is 163 Å². The van der Waals surface area contributed by atoms with Gasteiger partial charge < -0.3 is 9.64 Å². The highest BCUT2D eigenvalue weighted by Crippen LogP contribution is 2.44. The first-order chi connectivity index (χ1) is 13.0. The molecule has 144 valence electrons. The molecule has 3 heteroatoms. The lowest BCUT2D eigenvalue weighted by molar-refractivity contribution is -0.126. The van der Waals surface area contributed by atoms with E-state index >= 15 is 0 Å². The van der Waals surface area contributed by atoms with E-state index in [9.17, 15) is 4.79 Å². The van der Waals surface area contributed by atoms with Gasteiger partial charge in [-0.05, 0) is 50.8 Å². The van der Waals surface area contributed by atoms with Gasteiger partial charge in [-0.25, -0.2) is 0 Å². The zero-order valence-electron chi connectivity index (χ0n) is 17.2. The van der Waals surface area contributed by atoms with Crippen molar-refractivity contribution in [2.24, 2.45) is 0 Å². The fraction of sp³-hybridized carbons (Fsp3) is 0.458. The molecule has 27 heavy (non-hydrogen) atoms. The first-order valence-corrected chi connectivity index (χ1v) is 10.2. The molecule has 3 nitrogen and oxygen atoms in total. The Kier molecular flexibility index (Phi) is 5.88. The molecule has 0 fully saturated rings. The van der Waals surface area contributed by atoms with Crippen LogP contribution in [0.1, 0.15) is 57.6 Å². The second-order valence-electron chi connectivity index (χ2n) is 7.67. The topological polar surface area (TPSA) is 29.5 Å². The number of aryl methyl sites for hydroxylation is 2. The van der Waals surface area contributed by atoms with Crippen LogP contribution in [0, 0.1) is 13.8 Å². The predicted molar refractivity (Wildman–Crippen MR) is 113 cm³/mol. The van der Waals surface area contributed by atoms with Crippen molar-refractivity contribution in [2.75, 3.05) is 4.90 Å². The summed E-state index contributed by atoms with van der Waals surface area (Å²) in [6.45, 7) is 10.5. The molecule has 0 N–H and O–H groups in total. The summed E-state index contributed by atoms with van der Waals surface area (Å²) in [5.41, 5.74) is 5.63. The Bertz CT molecular complexity index is 821. The number of amides is 1. The van der Waals surface area contributed by atoms with Crippen LogP contribution in [0.5, 0.6) is 5.75 Å². The fourth-order valence-corrected chi connectivity index (χ4v) is 4.15. The summed E-state index contributed by atoms with van der Waals surface area (Å²) in [5, 5.41) is 0. The summed E-state index contributed by atoms with van der Waals surface area (Å²) in [4.78, 5) is 15.1. The molecular formula is C24H31NO2. The summed E-state index contributed by atoms with van der Waals surface area (Å²) in [6, 6.07) is 12.9. The lowest BCUT2D eigenvalue weighted by atomic mass is 9.95. The van der Waals surface area contributed by atoms with Crippen molar-refractivity contribution in [1.82, 2.24) is 0 Å². The highest BCUT2D eigenvalue weighted by molar-refractivity contribution is 6.02. The van der Waals surface area contributed by atoms with E-state index in [1.165, 1.54) is 16.7 Å². The van der Waals surface area contributed by atoms with Crippen molar-refractivity contribution in [2.45, 2.75) is 72.4 Å². The van der Waals surface area contributed by atoms with Crippen molar-refractivity contribution in [3.8, 4) is 16.9 Å². The number of hydrogen-bond donors (Lipinski definition) is 0. The first-order valence-electron chi connectivity index (χ1n) is 10.2. The number of carbonyl (C=O) groups excluding carboxylic acids is 1. The summed E-state index contributed by atoms with van der Waals surface area (Å²) in [6.07, 6.45) is 3.70. The molecule has 0 saturated carbocycles. The minimum absolute atomic E-state index is 0.0761. The molecular weight excluding hydrogens is 334 g/mol.